The Morgan fingerprint density at radius 1 is 0.260 bits per heavy atom. The van der Waals surface area contributed by atoms with Crippen LogP contribution in [-0.4, -0.2) is 37.2 Å². The van der Waals surface area contributed by atoms with Crippen molar-refractivity contribution >= 4 is 17.9 Å². The molecule has 0 aliphatic carbocycles. The third-order valence-electron chi connectivity index (χ3n) is 14.9. The summed E-state index contributed by atoms with van der Waals surface area (Å²) in [4.78, 5) is 38.2. The highest BCUT2D eigenvalue weighted by atomic mass is 16.6. The lowest BCUT2D eigenvalue weighted by Crippen LogP contribution is -2.30. The molecular formula is C67H126O6. The van der Waals surface area contributed by atoms with Gasteiger partial charge in [-0.1, -0.05) is 308 Å². The average Bonchev–Trinajstić information content (AvgIpc) is 3.39. The van der Waals surface area contributed by atoms with Crippen molar-refractivity contribution in [3.8, 4) is 0 Å². The van der Waals surface area contributed by atoms with Crippen molar-refractivity contribution in [2.75, 3.05) is 13.2 Å². The zero-order chi connectivity index (χ0) is 52.9. The first-order valence-corrected chi connectivity index (χ1v) is 32.8. The Balaban J connectivity index is 4.19. The molecule has 430 valence electrons. The van der Waals surface area contributed by atoms with Crippen LogP contribution in [0.25, 0.3) is 0 Å². The Labute approximate surface area is 455 Å². The number of ether oxygens (including phenoxy) is 3. The molecule has 0 heterocycles. The Morgan fingerprint density at radius 3 is 0.726 bits per heavy atom. The smallest absolute Gasteiger partial charge is 0.306 e. The van der Waals surface area contributed by atoms with Gasteiger partial charge in [0, 0.05) is 19.3 Å². The number of esters is 3. The molecule has 0 aromatic carbocycles. The van der Waals surface area contributed by atoms with Crippen LogP contribution in [0.1, 0.15) is 367 Å². The minimum atomic E-state index is -0.773. The third kappa shape index (κ3) is 60.6. The summed E-state index contributed by atoms with van der Waals surface area (Å²) in [6.45, 7) is 6.66. The zero-order valence-electron chi connectivity index (χ0n) is 49.4. The molecule has 0 rings (SSSR count). The summed E-state index contributed by atoms with van der Waals surface area (Å²) in [5.74, 6) is -0.857. The second-order valence-electron chi connectivity index (χ2n) is 22.4. The monoisotopic (exact) mass is 1030 g/mol. The quantitative estimate of drug-likeness (QED) is 0.0261. The van der Waals surface area contributed by atoms with Gasteiger partial charge in [-0.25, -0.2) is 0 Å². The first kappa shape index (κ1) is 70.9. The van der Waals surface area contributed by atoms with Gasteiger partial charge >= 0.3 is 17.9 Å². The van der Waals surface area contributed by atoms with Gasteiger partial charge in [0.2, 0.25) is 0 Å². The highest BCUT2D eigenvalue weighted by Gasteiger charge is 2.19. The minimum Gasteiger partial charge on any atom is -0.462 e. The molecule has 0 bridgehead atoms. The first-order chi connectivity index (χ1) is 36.0. The van der Waals surface area contributed by atoms with Crippen LogP contribution < -0.4 is 0 Å². The molecule has 0 aromatic rings. The van der Waals surface area contributed by atoms with Gasteiger partial charge < -0.3 is 14.2 Å². The van der Waals surface area contributed by atoms with E-state index in [1.165, 1.54) is 263 Å². The van der Waals surface area contributed by atoms with Gasteiger partial charge in [-0.15, -0.1) is 0 Å². The Kier molecular flexibility index (Phi) is 60.6. The van der Waals surface area contributed by atoms with Crippen LogP contribution in [-0.2, 0) is 28.6 Å². The fourth-order valence-corrected chi connectivity index (χ4v) is 9.95. The lowest BCUT2D eigenvalue weighted by atomic mass is 10.0. The van der Waals surface area contributed by atoms with Crippen LogP contribution >= 0.6 is 0 Å². The average molecular weight is 1030 g/mol. The minimum absolute atomic E-state index is 0.0698. The van der Waals surface area contributed by atoms with Crippen LogP contribution in [0.2, 0.25) is 0 Å². The number of carbonyl (C=O) groups is 3. The van der Waals surface area contributed by atoms with Gasteiger partial charge in [0.25, 0.3) is 0 Å². The van der Waals surface area contributed by atoms with E-state index in [0.29, 0.717) is 19.3 Å². The van der Waals surface area contributed by atoms with Gasteiger partial charge in [0.15, 0.2) is 6.10 Å². The van der Waals surface area contributed by atoms with Gasteiger partial charge in [-0.2, -0.15) is 0 Å². The number of hydrogen-bond acceptors (Lipinski definition) is 6. The van der Waals surface area contributed by atoms with Gasteiger partial charge in [0.1, 0.15) is 13.2 Å². The summed E-state index contributed by atoms with van der Waals surface area (Å²) in [6.07, 6.45) is 74.9. The van der Waals surface area contributed by atoms with Crippen molar-refractivity contribution in [2.45, 2.75) is 374 Å². The van der Waals surface area contributed by atoms with Gasteiger partial charge in [0.05, 0.1) is 0 Å². The molecule has 0 aliphatic heterocycles. The Bertz CT molecular complexity index is 1180. The maximum Gasteiger partial charge on any atom is 0.306 e. The summed E-state index contributed by atoms with van der Waals surface area (Å²) < 4.78 is 16.9. The molecule has 6 heteroatoms. The van der Waals surface area contributed by atoms with Crippen molar-refractivity contribution in [3.05, 3.63) is 24.3 Å². The predicted octanol–water partition coefficient (Wildman–Crippen LogP) is 22.2. The number of hydrogen-bond donors (Lipinski definition) is 0. The standard InChI is InChI=1S/C67H126O6/c1-4-7-10-13-16-19-22-24-26-28-30-31-32-33-34-35-37-38-40-42-45-48-51-54-57-60-66(69)72-63-64(62-71-65(68)59-56-53-50-47-44-21-18-15-12-9-6-3)73-67(70)61-58-55-52-49-46-43-41-39-36-29-27-25-23-20-17-14-11-8-5-2/h15,18,25,27,64H,4-14,16-17,19-24,26,28-63H2,1-3H3/b18-15-,27-25-. The summed E-state index contributed by atoms with van der Waals surface area (Å²) in [6, 6.07) is 0. The Hall–Kier alpha value is -2.11. The SMILES string of the molecule is CCCC/C=C\CCCCCCCC(=O)OCC(COC(=O)CCCCCCCCCCCCCCCCCCCCCCCCCCC)OC(=O)CCCCCCCCCCC/C=C\CCCCCCCC. The van der Waals surface area contributed by atoms with Crippen LogP contribution in [0.15, 0.2) is 24.3 Å². The number of carbonyl (C=O) groups excluding carboxylic acids is 3. The van der Waals surface area contributed by atoms with Crippen LogP contribution in [0.5, 0.6) is 0 Å². The molecule has 1 atom stereocenters. The van der Waals surface area contributed by atoms with E-state index in [1.54, 1.807) is 0 Å². The van der Waals surface area contributed by atoms with E-state index in [4.69, 9.17) is 14.2 Å². The number of allylic oxidation sites excluding steroid dienone is 4. The maximum absolute atomic E-state index is 12.9. The van der Waals surface area contributed by atoms with Crippen LogP contribution in [0, 0.1) is 0 Å². The molecular weight excluding hydrogens is 901 g/mol. The summed E-state index contributed by atoms with van der Waals surface area (Å²) in [5.41, 5.74) is 0. The maximum atomic E-state index is 12.9. The van der Waals surface area contributed by atoms with Crippen molar-refractivity contribution in [3.63, 3.8) is 0 Å². The highest BCUT2D eigenvalue weighted by Crippen LogP contribution is 2.18. The summed E-state index contributed by atoms with van der Waals surface area (Å²) >= 11 is 0. The second-order valence-corrected chi connectivity index (χ2v) is 22.4. The van der Waals surface area contributed by atoms with Crippen molar-refractivity contribution in [2.24, 2.45) is 0 Å². The van der Waals surface area contributed by atoms with E-state index in [-0.39, 0.29) is 31.1 Å². The number of rotatable bonds is 61. The predicted molar refractivity (Wildman–Crippen MR) is 316 cm³/mol. The van der Waals surface area contributed by atoms with Gasteiger partial charge in [-0.05, 0) is 64.2 Å². The normalized spacial score (nSPS) is 12.1. The van der Waals surface area contributed by atoms with Gasteiger partial charge in [-0.3, -0.25) is 14.4 Å². The van der Waals surface area contributed by atoms with E-state index in [0.717, 1.165) is 64.2 Å². The van der Waals surface area contributed by atoms with Crippen LogP contribution in [0.4, 0.5) is 0 Å². The molecule has 0 fully saturated rings. The molecule has 0 radical (unpaired) electrons. The Morgan fingerprint density at radius 2 is 0.466 bits per heavy atom. The third-order valence-corrected chi connectivity index (χ3v) is 14.9. The van der Waals surface area contributed by atoms with Crippen molar-refractivity contribution in [1.29, 1.82) is 0 Å². The highest BCUT2D eigenvalue weighted by molar-refractivity contribution is 5.71. The first-order valence-electron chi connectivity index (χ1n) is 32.8. The second kappa shape index (κ2) is 62.4. The molecule has 0 amide bonds. The molecule has 6 nitrogen and oxygen atoms in total. The lowest BCUT2D eigenvalue weighted by molar-refractivity contribution is -0.167. The molecule has 0 aromatic heterocycles. The molecule has 0 saturated heterocycles. The van der Waals surface area contributed by atoms with E-state index < -0.39 is 6.10 Å². The van der Waals surface area contributed by atoms with E-state index in [1.807, 2.05) is 0 Å². The van der Waals surface area contributed by atoms with E-state index >= 15 is 0 Å². The van der Waals surface area contributed by atoms with E-state index in [9.17, 15) is 14.4 Å². The fourth-order valence-electron chi connectivity index (χ4n) is 9.95. The molecule has 0 spiro atoms. The fraction of sp³-hybridized carbons (Fsp3) is 0.896. The molecule has 1 unspecified atom stereocenters. The number of unbranched alkanes of at least 4 members (excludes halogenated alkanes) is 46. The zero-order valence-corrected chi connectivity index (χ0v) is 49.4. The van der Waals surface area contributed by atoms with Crippen molar-refractivity contribution < 1.29 is 28.6 Å². The molecule has 0 aliphatic rings. The summed E-state index contributed by atoms with van der Waals surface area (Å²) in [7, 11) is 0. The lowest BCUT2D eigenvalue weighted by Gasteiger charge is -2.18. The largest absolute Gasteiger partial charge is 0.462 e. The summed E-state index contributed by atoms with van der Waals surface area (Å²) in [5, 5.41) is 0. The topological polar surface area (TPSA) is 78.9 Å². The molecule has 0 N–H and O–H groups in total. The van der Waals surface area contributed by atoms with Crippen molar-refractivity contribution in [1.82, 2.24) is 0 Å². The van der Waals surface area contributed by atoms with E-state index in [2.05, 4.69) is 45.1 Å². The molecule has 73 heavy (non-hydrogen) atoms. The van der Waals surface area contributed by atoms with Crippen LogP contribution in [0.3, 0.4) is 0 Å². The molecule has 0 saturated carbocycles.